The van der Waals surface area contributed by atoms with Gasteiger partial charge in [-0.05, 0) is 78.4 Å². The van der Waals surface area contributed by atoms with Crippen LogP contribution in [0.25, 0.3) is 11.1 Å². The molecule has 1 aliphatic carbocycles. The van der Waals surface area contributed by atoms with Crippen molar-refractivity contribution in [1.82, 2.24) is 4.90 Å². The second kappa shape index (κ2) is 8.93. The van der Waals surface area contributed by atoms with Crippen molar-refractivity contribution in [3.63, 3.8) is 0 Å². The van der Waals surface area contributed by atoms with Gasteiger partial charge < -0.3 is 4.74 Å². The molecule has 6 heteroatoms. The van der Waals surface area contributed by atoms with Crippen LogP contribution in [0.5, 0.6) is 5.75 Å². The molecule has 0 amide bonds. The van der Waals surface area contributed by atoms with Gasteiger partial charge in [-0.1, -0.05) is 48.9 Å². The van der Waals surface area contributed by atoms with Crippen molar-refractivity contribution >= 4 is 10.1 Å². The van der Waals surface area contributed by atoms with Gasteiger partial charge in [-0.3, -0.25) is 9.08 Å². The Hall–Kier alpha value is -2.67. The highest BCUT2D eigenvalue weighted by Crippen LogP contribution is 2.46. The number of aryl methyl sites for hydroxylation is 1. The fourth-order valence-electron chi connectivity index (χ4n) is 5.05. The van der Waals surface area contributed by atoms with Crippen LogP contribution in [0.4, 0.5) is 0 Å². The fraction of sp³-hybridized carbons (Fsp3) is 0.333. The van der Waals surface area contributed by atoms with Gasteiger partial charge in [0, 0.05) is 12.6 Å². The van der Waals surface area contributed by atoms with Crippen molar-refractivity contribution in [3.8, 4) is 16.9 Å². The number of hydrogen-bond acceptors (Lipinski definition) is 5. The van der Waals surface area contributed by atoms with Crippen LogP contribution >= 0.6 is 0 Å². The van der Waals surface area contributed by atoms with Crippen LogP contribution in [0.15, 0.2) is 65.6 Å². The van der Waals surface area contributed by atoms with Crippen molar-refractivity contribution in [3.05, 3.63) is 82.9 Å². The maximum absolute atomic E-state index is 12.4. The van der Waals surface area contributed by atoms with Gasteiger partial charge in [0.2, 0.25) is 0 Å². The molecule has 0 bridgehead atoms. The topological polar surface area (TPSA) is 55.8 Å². The van der Waals surface area contributed by atoms with E-state index in [9.17, 15) is 8.42 Å². The first-order valence-corrected chi connectivity index (χ1v) is 12.9. The van der Waals surface area contributed by atoms with Crippen LogP contribution in [-0.2, 0) is 27.1 Å². The molecule has 1 atom stereocenters. The third-order valence-corrected chi connectivity index (χ3v) is 8.04. The number of rotatable bonds is 7. The number of fused-ring (bicyclic) bond motifs is 2. The summed E-state index contributed by atoms with van der Waals surface area (Å²) in [5.74, 6) is 0.764. The third-order valence-electron chi connectivity index (χ3n) is 6.71. The van der Waals surface area contributed by atoms with Crippen LogP contribution in [0.1, 0.15) is 35.2 Å². The lowest BCUT2D eigenvalue weighted by molar-refractivity contribution is 0.191. The Kier molecular flexibility index (Phi) is 5.99. The van der Waals surface area contributed by atoms with Gasteiger partial charge in [-0.15, -0.1) is 0 Å². The Labute approximate surface area is 196 Å². The first-order valence-electron chi connectivity index (χ1n) is 11.5. The maximum Gasteiger partial charge on any atom is 0.297 e. The van der Waals surface area contributed by atoms with Crippen molar-refractivity contribution in [2.24, 2.45) is 0 Å². The Balaban J connectivity index is 1.34. The van der Waals surface area contributed by atoms with Gasteiger partial charge in [0.15, 0.2) is 0 Å². The average molecular weight is 464 g/mol. The van der Waals surface area contributed by atoms with Crippen LogP contribution in [0, 0.1) is 6.92 Å². The predicted octanol–water partition coefficient (Wildman–Crippen LogP) is 4.92. The normalized spacial score (nSPS) is 17.3. The Bertz CT molecular complexity index is 1270. The Morgan fingerprint density at radius 2 is 1.76 bits per heavy atom. The van der Waals surface area contributed by atoms with Crippen molar-refractivity contribution in [1.29, 1.82) is 0 Å². The maximum atomic E-state index is 12.4. The average Bonchev–Trinajstić information content (AvgIpc) is 2.82. The summed E-state index contributed by atoms with van der Waals surface area (Å²) < 4.78 is 36.0. The van der Waals surface area contributed by atoms with Crippen LogP contribution in [-0.4, -0.2) is 39.6 Å². The molecule has 1 aliphatic heterocycles. The van der Waals surface area contributed by atoms with E-state index in [2.05, 4.69) is 48.2 Å². The number of hydrogen-bond donors (Lipinski definition) is 0. The van der Waals surface area contributed by atoms with E-state index in [0.717, 1.165) is 37.2 Å². The van der Waals surface area contributed by atoms with Gasteiger partial charge >= 0.3 is 0 Å². The summed E-state index contributed by atoms with van der Waals surface area (Å²) in [5, 5.41) is 0. The van der Waals surface area contributed by atoms with E-state index in [1.807, 2.05) is 6.92 Å². The molecular formula is C27H29NO4S. The standard InChI is InChI=1S/C27H29NO4S/c1-3-28-13-12-21-16-22(18-25-24-7-5-4-6-20(24)17-26(28)27(21)25)31-14-15-32-33(29,30)23-10-8-19(2)9-11-23/h4-11,16,18,26H,3,12-15,17H2,1-2H3/t26-/m1/s1. The van der Waals surface area contributed by atoms with E-state index in [1.165, 1.54) is 27.8 Å². The zero-order chi connectivity index (χ0) is 23.0. The molecular weight excluding hydrogens is 434 g/mol. The lowest BCUT2D eigenvalue weighted by Crippen LogP contribution is -2.38. The van der Waals surface area contributed by atoms with Gasteiger partial charge in [0.1, 0.15) is 19.0 Å². The molecule has 3 aromatic rings. The summed E-state index contributed by atoms with van der Waals surface area (Å²) in [5.41, 5.74) is 7.63. The minimum absolute atomic E-state index is 0.0363. The van der Waals surface area contributed by atoms with Crippen molar-refractivity contribution < 1.29 is 17.3 Å². The van der Waals surface area contributed by atoms with E-state index in [-0.39, 0.29) is 18.1 Å². The van der Waals surface area contributed by atoms with E-state index < -0.39 is 10.1 Å². The number of benzene rings is 3. The van der Waals surface area contributed by atoms with Crippen molar-refractivity contribution in [2.45, 2.75) is 37.6 Å². The fourth-order valence-corrected chi connectivity index (χ4v) is 5.94. The molecule has 0 saturated heterocycles. The van der Waals surface area contributed by atoms with E-state index in [0.29, 0.717) is 6.04 Å². The molecule has 1 heterocycles. The van der Waals surface area contributed by atoms with E-state index >= 15 is 0 Å². The predicted molar refractivity (Wildman–Crippen MR) is 129 cm³/mol. The largest absolute Gasteiger partial charge is 0.491 e. The molecule has 5 nitrogen and oxygen atoms in total. The molecule has 172 valence electrons. The molecule has 0 unspecified atom stereocenters. The molecule has 0 fully saturated rings. The summed E-state index contributed by atoms with van der Waals surface area (Å²) in [6.45, 7) is 6.35. The van der Waals surface area contributed by atoms with E-state index in [1.54, 1.807) is 24.3 Å². The first kappa shape index (κ1) is 22.1. The van der Waals surface area contributed by atoms with Crippen LogP contribution < -0.4 is 4.74 Å². The molecule has 3 aromatic carbocycles. The molecule has 0 spiro atoms. The Morgan fingerprint density at radius 3 is 2.55 bits per heavy atom. The van der Waals surface area contributed by atoms with Gasteiger partial charge in [0.05, 0.1) is 4.90 Å². The minimum atomic E-state index is -3.79. The lowest BCUT2D eigenvalue weighted by Gasteiger charge is -2.41. The minimum Gasteiger partial charge on any atom is -0.491 e. The second-order valence-electron chi connectivity index (χ2n) is 8.74. The molecule has 2 aliphatic rings. The van der Waals surface area contributed by atoms with E-state index in [4.69, 9.17) is 8.92 Å². The lowest BCUT2D eigenvalue weighted by atomic mass is 9.77. The zero-order valence-electron chi connectivity index (χ0n) is 19.1. The summed E-state index contributed by atoms with van der Waals surface area (Å²) >= 11 is 0. The highest BCUT2D eigenvalue weighted by Gasteiger charge is 2.34. The summed E-state index contributed by atoms with van der Waals surface area (Å²) in [6.07, 6.45) is 2.03. The Morgan fingerprint density at radius 1 is 0.970 bits per heavy atom. The quantitative estimate of drug-likeness (QED) is 0.368. The number of likely N-dealkylation sites (N-methyl/N-ethyl adjacent to an activating group) is 1. The van der Waals surface area contributed by atoms with Gasteiger partial charge in [-0.2, -0.15) is 8.42 Å². The molecule has 5 rings (SSSR count). The van der Waals surface area contributed by atoms with Crippen molar-refractivity contribution in [2.75, 3.05) is 26.3 Å². The monoisotopic (exact) mass is 463 g/mol. The van der Waals surface area contributed by atoms with Gasteiger partial charge in [-0.25, -0.2) is 0 Å². The van der Waals surface area contributed by atoms with Crippen LogP contribution in [0.3, 0.4) is 0 Å². The van der Waals surface area contributed by atoms with Crippen LogP contribution in [0.2, 0.25) is 0 Å². The van der Waals surface area contributed by atoms with Gasteiger partial charge in [0.25, 0.3) is 10.1 Å². The summed E-state index contributed by atoms with van der Waals surface area (Å²) in [6, 6.07) is 19.9. The molecule has 0 saturated carbocycles. The number of nitrogens with zero attached hydrogens (tertiary/aromatic N) is 1. The smallest absolute Gasteiger partial charge is 0.297 e. The third kappa shape index (κ3) is 4.31. The molecule has 0 aromatic heterocycles. The number of ether oxygens (including phenoxy) is 1. The highest BCUT2D eigenvalue weighted by atomic mass is 32.2. The first-order chi connectivity index (χ1) is 16.0. The summed E-state index contributed by atoms with van der Waals surface area (Å²) in [4.78, 5) is 2.72. The molecule has 33 heavy (non-hydrogen) atoms. The molecule has 0 N–H and O–H groups in total. The SMILES string of the molecule is CCN1CCc2cc(OCCOS(=O)(=O)c3ccc(C)cc3)cc3c2[C@H]1Cc1ccccc1-3. The zero-order valence-corrected chi connectivity index (χ0v) is 19.9. The highest BCUT2D eigenvalue weighted by molar-refractivity contribution is 7.86. The summed E-state index contributed by atoms with van der Waals surface area (Å²) in [7, 11) is -3.79. The molecule has 0 radical (unpaired) electrons. The second-order valence-corrected chi connectivity index (χ2v) is 10.4.